The van der Waals surface area contributed by atoms with E-state index >= 15 is 0 Å². The zero-order valence-electron chi connectivity index (χ0n) is 26.4. The molecule has 6 aromatic rings. The lowest BCUT2D eigenvalue weighted by atomic mass is 9.98. The number of methoxy groups -OCH3 is 2. The first-order valence-corrected chi connectivity index (χ1v) is 15.5. The molecule has 0 atom stereocenters. The number of fused-ring (bicyclic) bond motifs is 2. The summed E-state index contributed by atoms with van der Waals surface area (Å²) < 4.78 is 94.4. The highest BCUT2D eigenvalue weighted by atomic mass is 32.2. The van der Waals surface area contributed by atoms with E-state index in [-0.39, 0.29) is 5.52 Å². The molecule has 4 heterocycles. The molecule has 0 aliphatic heterocycles. The molecule has 0 aliphatic carbocycles. The van der Waals surface area contributed by atoms with Crippen molar-refractivity contribution in [1.82, 2.24) is 24.7 Å². The number of aliphatic hydroxyl groups is 1. The minimum absolute atomic E-state index is 0.0151. The Morgan fingerprint density at radius 3 is 2.26 bits per heavy atom. The molecule has 4 aromatic heterocycles. The lowest BCUT2D eigenvalue weighted by molar-refractivity contribution is -0.372. The Kier molecular flexibility index (Phi) is 9.13. The first kappa shape index (κ1) is 34.6. The number of aromatic nitrogens is 5. The van der Waals surface area contributed by atoms with E-state index in [2.05, 4.69) is 30.1 Å². The van der Waals surface area contributed by atoms with E-state index in [1.807, 2.05) is 24.3 Å². The molecule has 0 saturated carbocycles. The number of nitrogens with one attached hydrogen (secondary N) is 2. The van der Waals surface area contributed by atoms with Crippen LogP contribution < -0.4 is 19.5 Å². The topological polar surface area (TPSA) is 119 Å². The van der Waals surface area contributed by atoms with E-state index in [1.165, 1.54) is 31.3 Å². The summed E-state index contributed by atoms with van der Waals surface area (Å²) in [5.74, 6) is 2.05. The minimum Gasteiger partial charge on any atom is -0.496 e. The standard InChI is InChI=1S/C33H27F6N7O3S/c1-18-23(8-9-26-25(18)16-42-46(26)17-31(47,32(34,35)36)33(37,38)39)30-24-14-27(41-15-19(24)10-11-40-30)43-20-4-6-22(7-5-20)50-45-28-12-21(48-2)13-29(44-28)49-3/h4-16,47H,17H2,1-3H3,(H,41,43)(H,44,45). The van der Waals surface area contributed by atoms with Crippen molar-refractivity contribution in [2.24, 2.45) is 0 Å². The summed E-state index contributed by atoms with van der Waals surface area (Å²) in [5.41, 5.74) is -2.64. The van der Waals surface area contributed by atoms with Gasteiger partial charge in [-0.15, -0.1) is 0 Å². The van der Waals surface area contributed by atoms with E-state index in [1.54, 1.807) is 56.8 Å². The summed E-state index contributed by atoms with van der Waals surface area (Å²) in [6.07, 6.45) is -7.55. The van der Waals surface area contributed by atoms with Crippen molar-refractivity contribution in [3.8, 4) is 22.9 Å². The van der Waals surface area contributed by atoms with Crippen molar-refractivity contribution in [3.05, 3.63) is 84.8 Å². The van der Waals surface area contributed by atoms with Gasteiger partial charge in [-0.25, -0.2) is 4.98 Å². The second-order valence-electron chi connectivity index (χ2n) is 11.1. The van der Waals surface area contributed by atoms with Gasteiger partial charge in [-0.2, -0.15) is 36.4 Å². The van der Waals surface area contributed by atoms with Crippen molar-refractivity contribution < 1.29 is 40.9 Å². The first-order chi connectivity index (χ1) is 23.7. The molecule has 0 unspecified atom stereocenters. The normalized spacial score (nSPS) is 12.4. The largest absolute Gasteiger partial charge is 0.496 e. The molecule has 17 heteroatoms. The molecule has 50 heavy (non-hydrogen) atoms. The Labute approximate surface area is 284 Å². The Morgan fingerprint density at radius 2 is 1.58 bits per heavy atom. The van der Waals surface area contributed by atoms with Crippen molar-refractivity contribution >= 4 is 50.9 Å². The van der Waals surface area contributed by atoms with Crippen molar-refractivity contribution in [3.63, 3.8) is 0 Å². The maximum absolute atomic E-state index is 13.4. The highest BCUT2D eigenvalue weighted by Crippen LogP contribution is 2.45. The number of nitrogens with zero attached hydrogens (tertiary/aromatic N) is 5. The van der Waals surface area contributed by atoms with Crippen LogP contribution in [0.25, 0.3) is 32.9 Å². The van der Waals surface area contributed by atoms with E-state index in [4.69, 9.17) is 9.47 Å². The van der Waals surface area contributed by atoms with Gasteiger partial charge in [-0.05, 0) is 66.9 Å². The van der Waals surface area contributed by atoms with Crippen molar-refractivity contribution in [1.29, 1.82) is 0 Å². The van der Waals surface area contributed by atoms with Gasteiger partial charge in [0, 0.05) is 56.8 Å². The van der Waals surface area contributed by atoms with Gasteiger partial charge in [-0.1, -0.05) is 6.07 Å². The summed E-state index contributed by atoms with van der Waals surface area (Å²) >= 11 is 1.34. The number of alkyl halides is 6. The van der Waals surface area contributed by atoms with Gasteiger partial charge in [-0.3, -0.25) is 9.67 Å². The predicted molar refractivity (Wildman–Crippen MR) is 177 cm³/mol. The number of pyridine rings is 3. The monoisotopic (exact) mass is 715 g/mol. The summed E-state index contributed by atoms with van der Waals surface area (Å²) in [6.45, 7) is -0.195. The molecule has 0 saturated heterocycles. The third kappa shape index (κ3) is 6.65. The third-order valence-electron chi connectivity index (χ3n) is 7.94. The van der Waals surface area contributed by atoms with Crippen molar-refractivity contribution in [2.75, 3.05) is 24.3 Å². The Hall–Kier alpha value is -5.29. The lowest BCUT2D eigenvalue weighted by Gasteiger charge is -2.32. The molecule has 0 amide bonds. The van der Waals surface area contributed by atoms with Gasteiger partial charge < -0.3 is 24.6 Å². The predicted octanol–water partition coefficient (Wildman–Crippen LogP) is 8.09. The minimum atomic E-state index is -5.98. The molecule has 0 spiro atoms. The van der Waals surface area contributed by atoms with E-state index in [0.29, 0.717) is 55.5 Å². The van der Waals surface area contributed by atoms with Gasteiger partial charge in [0.15, 0.2) is 0 Å². The van der Waals surface area contributed by atoms with Crippen LogP contribution in [-0.4, -0.2) is 62.0 Å². The van der Waals surface area contributed by atoms with Gasteiger partial charge >= 0.3 is 12.4 Å². The molecule has 0 radical (unpaired) electrons. The van der Waals surface area contributed by atoms with Gasteiger partial charge in [0.1, 0.15) is 17.4 Å². The fourth-order valence-corrected chi connectivity index (χ4v) is 5.80. The molecule has 0 bridgehead atoms. The molecule has 2 aromatic carbocycles. The van der Waals surface area contributed by atoms with Crippen molar-refractivity contribution in [2.45, 2.75) is 36.3 Å². The first-order valence-electron chi connectivity index (χ1n) is 14.7. The average molecular weight is 716 g/mol. The maximum atomic E-state index is 13.4. The van der Waals surface area contributed by atoms with Crippen LogP contribution in [0.1, 0.15) is 5.56 Å². The molecular formula is C33H27F6N7O3S. The smallest absolute Gasteiger partial charge is 0.428 e. The summed E-state index contributed by atoms with van der Waals surface area (Å²) in [5, 5.41) is 18.5. The number of ether oxygens (including phenoxy) is 2. The lowest BCUT2D eigenvalue weighted by Crippen LogP contribution is -2.59. The Bertz CT molecular complexity index is 2140. The average Bonchev–Trinajstić information content (AvgIpc) is 3.50. The van der Waals surface area contributed by atoms with Crippen LogP contribution in [0.4, 0.5) is 43.7 Å². The van der Waals surface area contributed by atoms with Gasteiger partial charge in [0.05, 0.1) is 38.2 Å². The van der Waals surface area contributed by atoms with E-state index in [9.17, 15) is 31.4 Å². The molecule has 3 N–H and O–H groups in total. The fourth-order valence-electron chi connectivity index (χ4n) is 5.20. The molecule has 0 fully saturated rings. The molecule has 10 nitrogen and oxygen atoms in total. The molecule has 6 rings (SSSR count). The summed E-state index contributed by atoms with van der Waals surface area (Å²) in [6, 6.07) is 17.4. The van der Waals surface area contributed by atoms with Crippen LogP contribution >= 0.6 is 11.9 Å². The van der Waals surface area contributed by atoms with Crippen LogP contribution in [0.3, 0.4) is 0 Å². The number of hydrogen-bond acceptors (Lipinski definition) is 10. The number of aryl methyl sites for hydroxylation is 1. The summed E-state index contributed by atoms with van der Waals surface area (Å²) in [7, 11) is 3.07. The maximum Gasteiger partial charge on any atom is 0.428 e. The molecule has 0 aliphatic rings. The Balaban J connectivity index is 1.24. The quantitative estimate of drug-likeness (QED) is 0.0949. The fraction of sp³-hybridized carbons (Fsp3) is 0.212. The SMILES string of the molecule is COc1cc(NSc2ccc(Nc3cc4c(-c5ccc6c(cnn6CC(O)(C(F)(F)F)C(F)(F)F)c5C)nccc4cn3)cc2)nc(OC)c1. The molecular weight excluding hydrogens is 688 g/mol. The Morgan fingerprint density at radius 1 is 0.840 bits per heavy atom. The van der Waals surface area contributed by atoms with Crippen LogP contribution in [0.5, 0.6) is 11.6 Å². The number of anilines is 3. The second kappa shape index (κ2) is 13.2. The number of rotatable bonds is 10. The number of hydrogen-bond donors (Lipinski definition) is 3. The van der Waals surface area contributed by atoms with Crippen LogP contribution in [0.2, 0.25) is 0 Å². The molecule has 260 valence electrons. The summed E-state index contributed by atoms with van der Waals surface area (Å²) in [4.78, 5) is 14.3. The van der Waals surface area contributed by atoms with E-state index in [0.717, 1.165) is 16.0 Å². The number of benzene rings is 2. The van der Waals surface area contributed by atoms with Gasteiger partial charge in [0.2, 0.25) is 5.88 Å². The van der Waals surface area contributed by atoms with Gasteiger partial charge in [0.25, 0.3) is 5.60 Å². The van der Waals surface area contributed by atoms with Crippen LogP contribution in [0.15, 0.2) is 84.1 Å². The van der Waals surface area contributed by atoms with Crippen LogP contribution in [0, 0.1) is 6.92 Å². The highest BCUT2D eigenvalue weighted by molar-refractivity contribution is 8.00. The zero-order chi connectivity index (χ0) is 35.8. The second-order valence-corrected chi connectivity index (χ2v) is 11.9. The zero-order valence-corrected chi connectivity index (χ0v) is 27.2. The third-order valence-corrected chi connectivity index (χ3v) is 8.75. The highest BCUT2D eigenvalue weighted by Gasteiger charge is 2.70. The van der Waals surface area contributed by atoms with Crippen LogP contribution in [-0.2, 0) is 6.54 Å². The van der Waals surface area contributed by atoms with E-state index < -0.39 is 24.5 Å². The number of halogens is 6.